The molecule has 0 radical (unpaired) electrons. The monoisotopic (exact) mass is 544 g/mol. The molecule has 1 amide bonds. The second kappa shape index (κ2) is 10.6. The van der Waals surface area contributed by atoms with Crippen molar-refractivity contribution in [2.75, 3.05) is 30.4 Å². The Morgan fingerprint density at radius 2 is 2.00 bits per heavy atom. The molecule has 4 aromatic rings. The third-order valence-electron chi connectivity index (χ3n) is 5.85. The first kappa shape index (κ1) is 25.4. The predicted molar refractivity (Wildman–Crippen MR) is 132 cm³/mol. The number of halogens is 4. The summed E-state index contributed by atoms with van der Waals surface area (Å²) < 4.78 is 48.6. The number of benzene rings is 1. The molecule has 0 aliphatic carbocycles. The Balaban J connectivity index is 1.32. The summed E-state index contributed by atoms with van der Waals surface area (Å²) in [6, 6.07) is 2.04. The Morgan fingerprint density at radius 1 is 1.18 bits per heavy atom. The molecule has 0 bridgehead atoms. The third-order valence-corrected chi connectivity index (χ3v) is 6.15. The fourth-order valence-corrected chi connectivity index (χ4v) is 3.98. The number of rotatable bonds is 8. The molecule has 1 saturated heterocycles. The van der Waals surface area contributed by atoms with Gasteiger partial charge in [0.25, 0.3) is 12.3 Å². The van der Waals surface area contributed by atoms with Gasteiger partial charge in [0.1, 0.15) is 5.69 Å². The van der Waals surface area contributed by atoms with Gasteiger partial charge in [-0.1, -0.05) is 17.7 Å². The zero-order chi connectivity index (χ0) is 26.8. The van der Waals surface area contributed by atoms with E-state index >= 15 is 0 Å². The maximum atomic E-state index is 14.6. The molecule has 1 aliphatic heterocycles. The minimum atomic E-state index is -2.99. The average Bonchev–Trinajstić information content (AvgIpc) is 3.31. The van der Waals surface area contributed by atoms with Crippen molar-refractivity contribution in [1.82, 2.24) is 29.7 Å². The summed E-state index contributed by atoms with van der Waals surface area (Å²) in [4.78, 5) is 31.6. The van der Waals surface area contributed by atoms with Crippen LogP contribution in [0.4, 0.5) is 24.8 Å². The van der Waals surface area contributed by atoms with Gasteiger partial charge in [0, 0.05) is 36.6 Å². The highest BCUT2D eigenvalue weighted by Gasteiger charge is 2.23. The molecule has 1 aromatic carbocycles. The van der Waals surface area contributed by atoms with Crippen molar-refractivity contribution in [3.05, 3.63) is 70.8 Å². The predicted octanol–water partition coefficient (Wildman–Crippen LogP) is 4.38. The lowest BCUT2D eigenvalue weighted by Gasteiger charge is -2.30. The molecule has 1 fully saturated rings. The molecule has 5 rings (SSSR count). The van der Waals surface area contributed by atoms with Gasteiger partial charge in [0.15, 0.2) is 5.82 Å². The number of hydrogen-bond donors (Lipinski definition) is 1. The molecule has 0 unspecified atom stereocenters. The fraction of sp³-hybridized carbons (Fsp3) is 0.250. The number of aromatic nitrogens is 6. The number of anilines is 2. The van der Waals surface area contributed by atoms with Crippen LogP contribution in [0.1, 0.15) is 34.5 Å². The van der Waals surface area contributed by atoms with Gasteiger partial charge in [-0.15, -0.1) is 0 Å². The van der Waals surface area contributed by atoms with Crippen molar-refractivity contribution in [2.45, 2.75) is 19.4 Å². The summed E-state index contributed by atoms with van der Waals surface area (Å²) in [6.07, 6.45) is 4.99. The van der Waals surface area contributed by atoms with Crippen molar-refractivity contribution < 1.29 is 22.7 Å². The lowest BCUT2D eigenvalue weighted by molar-refractivity contribution is 0.102. The molecule has 1 aliphatic rings. The van der Waals surface area contributed by atoms with Crippen LogP contribution in [0.3, 0.4) is 0 Å². The van der Waals surface area contributed by atoms with Crippen molar-refractivity contribution >= 4 is 29.1 Å². The standard InChI is InChI=1S/C24H20ClF3N8O2/c1-38-23-13(7-30-24(34-23)35-5-2-6-35)11-36-12-14(8-31-36)32-22(37)18-10-29-9-17(33-18)19-15(21(27)28)3-4-16(25)20(19)26/h3-4,7-10,12,21H,2,5-6,11H2,1H3,(H,32,37). The number of hydrogen-bond acceptors (Lipinski definition) is 8. The summed E-state index contributed by atoms with van der Waals surface area (Å²) in [6.45, 7) is 2.08. The smallest absolute Gasteiger partial charge is 0.275 e. The summed E-state index contributed by atoms with van der Waals surface area (Å²) in [7, 11) is 1.52. The van der Waals surface area contributed by atoms with E-state index in [9.17, 15) is 18.0 Å². The molecular formula is C24H20ClF3N8O2. The number of alkyl halides is 2. The first-order valence-electron chi connectivity index (χ1n) is 11.4. The molecule has 3 aromatic heterocycles. The number of carbonyl (C=O) groups excluding carboxylic acids is 1. The first-order valence-corrected chi connectivity index (χ1v) is 11.8. The van der Waals surface area contributed by atoms with Gasteiger partial charge < -0.3 is 15.0 Å². The second-order valence-electron chi connectivity index (χ2n) is 8.34. The van der Waals surface area contributed by atoms with Crippen LogP contribution in [-0.2, 0) is 6.54 Å². The van der Waals surface area contributed by atoms with E-state index in [4.69, 9.17) is 16.3 Å². The van der Waals surface area contributed by atoms with Gasteiger partial charge in [0.05, 0.1) is 54.2 Å². The summed E-state index contributed by atoms with van der Waals surface area (Å²) in [5.74, 6) is -0.743. The van der Waals surface area contributed by atoms with Gasteiger partial charge in [-0.2, -0.15) is 10.1 Å². The lowest BCUT2D eigenvalue weighted by Crippen LogP contribution is -2.38. The molecule has 1 N–H and O–H groups in total. The second-order valence-corrected chi connectivity index (χ2v) is 8.75. The third kappa shape index (κ3) is 5.09. The van der Waals surface area contributed by atoms with Crippen LogP contribution in [0.25, 0.3) is 11.3 Å². The van der Waals surface area contributed by atoms with Crippen molar-refractivity contribution in [2.24, 2.45) is 0 Å². The van der Waals surface area contributed by atoms with Crippen LogP contribution in [-0.4, -0.2) is 55.8 Å². The van der Waals surface area contributed by atoms with Crippen LogP contribution >= 0.6 is 11.6 Å². The number of ether oxygens (including phenoxy) is 1. The Labute approximate surface area is 219 Å². The van der Waals surface area contributed by atoms with E-state index in [1.54, 1.807) is 17.1 Å². The Kier molecular flexibility index (Phi) is 7.09. The molecule has 4 heterocycles. The molecule has 0 saturated carbocycles. The number of nitrogens with one attached hydrogen (secondary N) is 1. The highest BCUT2D eigenvalue weighted by atomic mass is 35.5. The lowest BCUT2D eigenvalue weighted by atomic mass is 10.0. The Morgan fingerprint density at radius 3 is 2.71 bits per heavy atom. The van der Waals surface area contributed by atoms with E-state index in [0.29, 0.717) is 23.1 Å². The van der Waals surface area contributed by atoms with Crippen molar-refractivity contribution in [1.29, 1.82) is 0 Å². The highest BCUT2D eigenvalue weighted by Crippen LogP contribution is 2.35. The molecular weight excluding hydrogens is 525 g/mol. The number of amides is 1. The number of methoxy groups -OCH3 is 1. The van der Waals surface area contributed by atoms with E-state index in [1.807, 2.05) is 4.90 Å². The maximum absolute atomic E-state index is 14.6. The largest absolute Gasteiger partial charge is 0.481 e. The highest BCUT2D eigenvalue weighted by molar-refractivity contribution is 6.31. The Hall–Kier alpha value is -4.26. The molecule has 196 valence electrons. The van der Waals surface area contributed by atoms with E-state index in [2.05, 4.69) is 30.4 Å². The van der Waals surface area contributed by atoms with Crippen molar-refractivity contribution in [3.63, 3.8) is 0 Å². The van der Waals surface area contributed by atoms with Crippen molar-refractivity contribution in [3.8, 4) is 17.1 Å². The van der Waals surface area contributed by atoms with Crippen LogP contribution < -0.4 is 15.0 Å². The zero-order valence-corrected chi connectivity index (χ0v) is 20.7. The molecule has 38 heavy (non-hydrogen) atoms. The molecule has 0 atom stereocenters. The number of nitrogens with zero attached hydrogens (tertiary/aromatic N) is 7. The minimum Gasteiger partial charge on any atom is -0.481 e. The van der Waals surface area contributed by atoms with Gasteiger partial charge in [-0.05, 0) is 12.5 Å². The zero-order valence-electron chi connectivity index (χ0n) is 19.9. The van der Waals surface area contributed by atoms with E-state index in [0.717, 1.165) is 44.0 Å². The van der Waals surface area contributed by atoms with E-state index < -0.39 is 29.3 Å². The number of carbonyl (C=O) groups is 1. The van der Waals surface area contributed by atoms with Gasteiger partial charge in [-0.3, -0.25) is 14.5 Å². The first-order chi connectivity index (χ1) is 18.3. The average molecular weight is 545 g/mol. The molecule has 0 spiro atoms. The topological polar surface area (TPSA) is 111 Å². The van der Waals surface area contributed by atoms with Crippen LogP contribution in [0.2, 0.25) is 5.02 Å². The van der Waals surface area contributed by atoms with Gasteiger partial charge in [0.2, 0.25) is 11.8 Å². The quantitative estimate of drug-likeness (QED) is 0.348. The Bertz CT molecular complexity index is 1500. The maximum Gasteiger partial charge on any atom is 0.275 e. The van der Waals surface area contributed by atoms with Crippen LogP contribution in [0, 0.1) is 5.82 Å². The summed E-state index contributed by atoms with van der Waals surface area (Å²) in [5.41, 5.74) is -0.573. The SMILES string of the molecule is COc1nc(N2CCC2)ncc1Cn1cc(NC(=O)c2cncc(-c3c(C(F)F)ccc(Cl)c3F)n2)cn1. The normalized spacial score (nSPS) is 12.9. The molecule has 10 nitrogen and oxygen atoms in total. The van der Waals surface area contributed by atoms with Gasteiger partial charge in [-0.25, -0.2) is 23.1 Å². The van der Waals surface area contributed by atoms with Crippen LogP contribution in [0.15, 0.2) is 43.1 Å². The molecule has 14 heteroatoms. The fourth-order valence-electron chi connectivity index (χ4n) is 3.82. The van der Waals surface area contributed by atoms with E-state index in [-0.39, 0.29) is 23.0 Å². The van der Waals surface area contributed by atoms with Crippen LogP contribution in [0.5, 0.6) is 5.88 Å². The minimum absolute atomic E-state index is 0.216. The summed E-state index contributed by atoms with van der Waals surface area (Å²) in [5, 5.41) is 6.49. The van der Waals surface area contributed by atoms with E-state index in [1.165, 1.54) is 13.3 Å². The van der Waals surface area contributed by atoms with Gasteiger partial charge >= 0.3 is 0 Å². The summed E-state index contributed by atoms with van der Waals surface area (Å²) >= 11 is 5.79.